The van der Waals surface area contributed by atoms with Crippen LogP contribution < -0.4 is 10.6 Å². The number of hydrogen-bond acceptors (Lipinski definition) is 7. The molecule has 9 nitrogen and oxygen atoms in total. The summed E-state index contributed by atoms with van der Waals surface area (Å²) in [6, 6.07) is 13.3. The highest BCUT2D eigenvalue weighted by Crippen LogP contribution is 2.47. The Morgan fingerprint density at radius 3 is 2.27 bits per heavy atom. The molecule has 0 heterocycles. The Balaban J connectivity index is 1.82. The third-order valence-corrected chi connectivity index (χ3v) is 10.0. The zero-order chi connectivity index (χ0) is 30.5. The van der Waals surface area contributed by atoms with Crippen molar-refractivity contribution in [1.82, 2.24) is 5.32 Å². The van der Waals surface area contributed by atoms with Crippen molar-refractivity contribution in [3.8, 4) is 5.75 Å². The van der Waals surface area contributed by atoms with Crippen LogP contribution in [0.5, 0.6) is 5.75 Å². The van der Waals surface area contributed by atoms with Gasteiger partial charge in [-0.15, -0.1) is 0 Å². The molecule has 1 amide bonds. The molecule has 41 heavy (non-hydrogen) atoms. The number of benzene rings is 3. The number of amides is 1. The number of carboxylic acid groups (broad SMARTS) is 1. The Labute approximate surface area is 248 Å². The van der Waals surface area contributed by atoms with E-state index in [1.807, 2.05) is 0 Å². The van der Waals surface area contributed by atoms with Gasteiger partial charge in [-0.05, 0) is 59.5 Å². The number of aliphatic carboxylic acids is 1. The van der Waals surface area contributed by atoms with E-state index in [-0.39, 0.29) is 38.6 Å². The molecule has 0 aliphatic carbocycles. The monoisotopic (exact) mass is 639 g/mol. The molecule has 218 valence electrons. The van der Waals surface area contributed by atoms with Crippen molar-refractivity contribution in [2.24, 2.45) is 0 Å². The van der Waals surface area contributed by atoms with Gasteiger partial charge in [0.2, 0.25) is 0 Å². The molecule has 0 aromatic heterocycles. The quantitative estimate of drug-likeness (QED) is 0.236. The van der Waals surface area contributed by atoms with Crippen LogP contribution in [0, 0.1) is 0 Å². The zero-order valence-electron chi connectivity index (χ0n) is 22.2. The first-order valence-corrected chi connectivity index (χ1v) is 16.4. The molecule has 0 spiro atoms. The number of carboxylic acids is 1. The van der Waals surface area contributed by atoms with Gasteiger partial charge in [-0.3, -0.25) is 9.36 Å². The highest BCUT2D eigenvalue weighted by molar-refractivity contribution is 7.90. The lowest BCUT2D eigenvalue weighted by Gasteiger charge is -2.18. The van der Waals surface area contributed by atoms with Crippen LogP contribution in [0.3, 0.4) is 0 Å². The summed E-state index contributed by atoms with van der Waals surface area (Å²) in [5.41, 5.74) is 0.846. The van der Waals surface area contributed by atoms with E-state index in [0.717, 1.165) is 6.26 Å². The predicted molar refractivity (Wildman–Crippen MR) is 159 cm³/mol. The van der Waals surface area contributed by atoms with Gasteiger partial charge in [0, 0.05) is 30.9 Å². The second-order valence-corrected chi connectivity index (χ2v) is 14.5. The van der Waals surface area contributed by atoms with Crippen LogP contribution in [0.1, 0.15) is 34.3 Å². The van der Waals surface area contributed by atoms with Crippen LogP contribution in [0.2, 0.25) is 10.0 Å². The lowest BCUT2D eigenvalue weighted by Crippen LogP contribution is -2.42. The number of phenolic OH excluding ortho intramolecular Hbond substituents is 1. The first-order valence-electron chi connectivity index (χ1n) is 12.1. The van der Waals surface area contributed by atoms with Crippen LogP contribution >= 0.6 is 30.6 Å². The number of halogens is 2. The van der Waals surface area contributed by atoms with Crippen LogP contribution in [0.25, 0.3) is 0 Å². The molecule has 0 saturated heterocycles. The van der Waals surface area contributed by atoms with Crippen molar-refractivity contribution in [2.75, 3.05) is 13.4 Å². The highest BCUT2D eigenvalue weighted by Gasteiger charge is 2.26. The summed E-state index contributed by atoms with van der Waals surface area (Å²) in [7, 11) is -5.64. The second-order valence-electron chi connectivity index (χ2n) is 9.28. The molecule has 3 atom stereocenters. The van der Waals surface area contributed by atoms with Gasteiger partial charge in [0.05, 0.1) is 20.5 Å². The molecule has 0 saturated carbocycles. The first kappa shape index (κ1) is 32.4. The van der Waals surface area contributed by atoms with Crippen LogP contribution in [-0.2, 0) is 30.1 Å². The van der Waals surface area contributed by atoms with E-state index in [9.17, 15) is 32.8 Å². The Hall–Kier alpha value is -3.14. The maximum atomic E-state index is 13.3. The average Bonchev–Trinajstić information content (AvgIpc) is 2.90. The number of carbonyl (C=O) groups is 2. The van der Waals surface area contributed by atoms with Crippen LogP contribution in [0.4, 0.5) is 0 Å². The SMILES string of the molecule is COP(=O)(/C=C/C(C)c1cc(Cl)c(C(=O)N[C@@H](Cc2cccc(S(C)(=O)=O)c2)C(=O)O)c(Cl)c1)c1cccc(O)c1. The molecule has 13 heteroatoms. The van der Waals surface area contributed by atoms with Crippen molar-refractivity contribution in [3.05, 3.63) is 99.3 Å². The summed E-state index contributed by atoms with van der Waals surface area (Å²) in [4.78, 5) is 25.0. The van der Waals surface area contributed by atoms with Crippen LogP contribution in [0.15, 0.2) is 77.5 Å². The molecule has 0 bridgehead atoms. The number of sulfone groups is 1. The van der Waals surface area contributed by atoms with E-state index in [1.54, 1.807) is 31.2 Å². The Bertz CT molecular complexity index is 1640. The minimum Gasteiger partial charge on any atom is -0.508 e. The average molecular weight is 640 g/mol. The van der Waals surface area contributed by atoms with Crippen molar-refractivity contribution < 1.29 is 37.3 Å². The summed E-state index contributed by atoms with van der Waals surface area (Å²) in [6.07, 6.45) is 2.48. The summed E-state index contributed by atoms with van der Waals surface area (Å²) >= 11 is 12.8. The summed E-state index contributed by atoms with van der Waals surface area (Å²) in [6.45, 7) is 1.78. The van der Waals surface area contributed by atoms with Gasteiger partial charge >= 0.3 is 5.97 Å². The summed E-state index contributed by atoms with van der Waals surface area (Å²) in [5, 5.41) is 22.1. The number of phenols is 1. The molecule has 3 rings (SSSR count). The van der Waals surface area contributed by atoms with Gasteiger partial charge in [-0.25, -0.2) is 13.2 Å². The normalized spacial score (nSPS) is 14.8. The van der Waals surface area contributed by atoms with Crippen molar-refractivity contribution >= 4 is 57.6 Å². The van der Waals surface area contributed by atoms with E-state index in [4.69, 9.17) is 27.7 Å². The minimum atomic E-state index is -3.51. The van der Waals surface area contributed by atoms with Crippen molar-refractivity contribution in [1.29, 1.82) is 0 Å². The highest BCUT2D eigenvalue weighted by atomic mass is 35.5. The zero-order valence-corrected chi connectivity index (χ0v) is 25.5. The fourth-order valence-corrected chi connectivity index (χ4v) is 6.90. The summed E-state index contributed by atoms with van der Waals surface area (Å²) < 4.78 is 42.3. The maximum Gasteiger partial charge on any atom is 0.326 e. The fraction of sp³-hybridized carbons (Fsp3) is 0.214. The minimum absolute atomic E-state index is 0.0269. The molecular formula is C28H28Cl2NO8PS. The Kier molecular flexibility index (Phi) is 10.4. The number of hydrogen-bond donors (Lipinski definition) is 3. The molecule has 0 fully saturated rings. The van der Waals surface area contributed by atoms with Gasteiger partial charge in [-0.2, -0.15) is 0 Å². The molecule has 3 aromatic rings. The van der Waals surface area contributed by atoms with E-state index in [0.29, 0.717) is 16.4 Å². The van der Waals surface area contributed by atoms with E-state index >= 15 is 0 Å². The van der Waals surface area contributed by atoms with Crippen LogP contribution in [-0.4, -0.2) is 49.9 Å². The number of nitrogens with one attached hydrogen (secondary N) is 1. The molecular weight excluding hydrogens is 612 g/mol. The molecule has 0 aliphatic heterocycles. The Morgan fingerprint density at radius 1 is 1.07 bits per heavy atom. The standard InChI is InChI=1S/C28H28Cl2NO8PS/c1-17(10-11-40(36,39-2)21-8-5-7-20(32)16-21)19-14-23(29)26(24(30)15-19)27(33)31-25(28(34)35)13-18-6-4-9-22(12-18)41(3,37)38/h4-12,14-17,25,32H,13H2,1-3H3,(H,31,33)(H,34,35)/b11-10+/t17?,25-,40?/m0/s1. The van der Waals surface area contributed by atoms with Crippen molar-refractivity contribution in [2.45, 2.75) is 30.2 Å². The van der Waals surface area contributed by atoms with Crippen molar-refractivity contribution in [3.63, 3.8) is 0 Å². The lowest BCUT2D eigenvalue weighted by atomic mass is 9.99. The fourth-order valence-electron chi connectivity index (χ4n) is 3.93. The van der Waals surface area contributed by atoms with Gasteiger partial charge in [0.15, 0.2) is 9.84 Å². The van der Waals surface area contributed by atoms with E-state index < -0.39 is 35.1 Å². The number of carbonyl (C=O) groups excluding carboxylic acids is 1. The van der Waals surface area contributed by atoms with Gasteiger partial charge in [-0.1, -0.05) is 54.4 Å². The molecule has 0 radical (unpaired) electrons. The first-order chi connectivity index (χ1) is 19.1. The molecule has 3 aromatic carbocycles. The number of allylic oxidation sites excluding steroid dienone is 1. The largest absolute Gasteiger partial charge is 0.508 e. The third-order valence-electron chi connectivity index (χ3n) is 6.22. The van der Waals surface area contributed by atoms with Gasteiger partial charge in [0.25, 0.3) is 13.3 Å². The number of rotatable bonds is 11. The summed E-state index contributed by atoms with van der Waals surface area (Å²) in [5.74, 6) is -1.18. The number of aromatic hydroxyl groups is 1. The van der Waals surface area contributed by atoms with E-state index in [1.165, 1.54) is 55.4 Å². The lowest BCUT2D eigenvalue weighted by molar-refractivity contribution is -0.139. The van der Waals surface area contributed by atoms with Gasteiger partial charge in [0.1, 0.15) is 11.8 Å². The molecule has 2 unspecified atom stereocenters. The smallest absolute Gasteiger partial charge is 0.326 e. The maximum absolute atomic E-state index is 13.3. The third kappa shape index (κ3) is 8.21. The predicted octanol–water partition coefficient (Wildman–Crippen LogP) is 5.40. The topological polar surface area (TPSA) is 147 Å². The van der Waals surface area contributed by atoms with E-state index in [2.05, 4.69) is 5.32 Å². The second kappa shape index (κ2) is 13.2. The van der Waals surface area contributed by atoms with Gasteiger partial charge < -0.3 is 20.1 Å². The molecule has 0 aliphatic rings. The Morgan fingerprint density at radius 2 is 1.71 bits per heavy atom. The molecule has 3 N–H and O–H groups in total.